The summed E-state index contributed by atoms with van der Waals surface area (Å²) < 4.78 is 0. The highest BCUT2D eigenvalue weighted by atomic mass is 13.9. The van der Waals surface area contributed by atoms with E-state index in [0.717, 1.165) is 6.42 Å². The first-order chi connectivity index (χ1) is 6.50. The molecule has 0 radical (unpaired) electrons. The summed E-state index contributed by atoms with van der Waals surface area (Å²) in [6, 6.07) is 0. The van der Waals surface area contributed by atoms with Crippen molar-refractivity contribution in [3.63, 3.8) is 0 Å². The van der Waals surface area contributed by atoms with Crippen LogP contribution in [0, 0.1) is 0 Å². The predicted molar refractivity (Wildman–Crippen MR) is 59.7 cm³/mol. The summed E-state index contributed by atoms with van der Waals surface area (Å²) in [5, 5.41) is 0. The number of hydrogen-bond acceptors (Lipinski definition) is 0. The van der Waals surface area contributed by atoms with Crippen LogP contribution in [-0.2, 0) is 0 Å². The molecule has 0 heterocycles. The van der Waals surface area contributed by atoms with E-state index < -0.39 is 0 Å². The molecule has 0 aliphatic heterocycles. The van der Waals surface area contributed by atoms with Crippen molar-refractivity contribution >= 4 is 0 Å². The van der Waals surface area contributed by atoms with Crippen molar-refractivity contribution in [1.29, 1.82) is 0 Å². The van der Waals surface area contributed by atoms with Crippen LogP contribution >= 0.6 is 0 Å². The molecule has 1 aliphatic carbocycles. The first-order valence-electron chi connectivity index (χ1n) is 5.45. The van der Waals surface area contributed by atoms with Gasteiger partial charge in [0.15, 0.2) is 0 Å². The minimum atomic E-state index is 1.12. The second-order valence-corrected chi connectivity index (χ2v) is 3.51. The molecule has 13 heavy (non-hydrogen) atoms. The van der Waals surface area contributed by atoms with E-state index in [1.54, 1.807) is 0 Å². The molecule has 0 bridgehead atoms. The minimum Gasteiger partial charge on any atom is -0.0885 e. The van der Waals surface area contributed by atoms with Crippen LogP contribution in [0.25, 0.3) is 0 Å². The van der Waals surface area contributed by atoms with Gasteiger partial charge in [0.1, 0.15) is 0 Å². The summed E-state index contributed by atoms with van der Waals surface area (Å²) in [7, 11) is 0. The molecule has 0 aromatic carbocycles. The Balaban J connectivity index is 2.27. The zero-order valence-electron chi connectivity index (χ0n) is 8.41. The van der Waals surface area contributed by atoms with Crippen molar-refractivity contribution in [3.05, 3.63) is 36.5 Å². The van der Waals surface area contributed by atoms with E-state index in [-0.39, 0.29) is 0 Å². The van der Waals surface area contributed by atoms with Gasteiger partial charge in [-0.05, 0) is 44.9 Å². The van der Waals surface area contributed by atoms with Crippen molar-refractivity contribution in [2.24, 2.45) is 0 Å². The van der Waals surface area contributed by atoms with Crippen molar-refractivity contribution < 1.29 is 0 Å². The van der Waals surface area contributed by atoms with Crippen LogP contribution in [0.1, 0.15) is 44.9 Å². The Kier molecular flexibility index (Phi) is 6.22. The SMILES string of the molecule is C1=CCCC/C=C\CCC/C=C/C1. The third-order valence-corrected chi connectivity index (χ3v) is 2.26. The van der Waals surface area contributed by atoms with Gasteiger partial charge in [-0.2, -0.15) is 0 Å². The van der Waals surface area contributed by atoms with Gasteiger partial charge in [0.05, 0.1) is 0 Å². The summed E-state index contributed by atoms with van der Waals surface area (Å²) in [6.45, 7) is 0. The van der Waals surface area contributed by atoms with Crippen LogP contribution in [0.5, 0.6) is 0 Å². The number of hydrogen-bond donors (Lipinski definition) is 0. The fourth-order valence-corrected chi connectivity index (χ4v) is 1.45. The third-order valence-electron chi connectivity index (χ3n) is 2.26. The van der Waals surface area contributed by atoms with E-state index in [0.29, 0.717) is 0 Å². The topological polar surface area (TPSA) is 0 Å². The van der Waals surface area contributed by atoms with Crippen LogP contribution < -0.4 is 0 Å². The maximum absolute atomic E-state index is 2.33. The lowest BCUT2D eigenvalue weighted by Crippen LogP contribution is -1.70. The smallest absolute Gasteiger partial charge is 0.0169 e. The highest BCUT2D eigenvalue weighted by Crippen LogP contribution is 2.04. The van der Waals surface area contributed by atoms with E-state index in [1.807, 2.05) is 0 Å². The lowest BCUT2D eigenvalue weighted by molar-refractivity contribution is 0.842. The van der Waals surface area contributed by atoms with Crippen molar-refractivity contribution in [2.45, 2.75) is 44.9 Å². The molecule has 0 aromatic heterocycles. The van der Waals surface area contributed by atoms with Gasteiger partial charge in [-0.15, -0.1) is 0 Å². The summed E-state index contributed by atoms with van der Waals surface area (Å²) in [6.07, 6.45) is 22.5. The molecule has 0 aromatic rings. The van der Waals surface area contributed by atoms with Gasteiger partial charge in [-0.1, -0.05) is 36.5 Å². The van der Waals surface area contributed by atoms with E-state index in [1.165, 1.54) is 38.5 Å². The Bertz CT molecular complexity index is 164. The molecule has 0 N–H and O–H groups in total. The summed E-state index contributed by atoms with van der Waals surface area (Å²) in [5.41, 5.74) is 0. The van der Waals surface area contributed by atoms with E-state index in [2.05, 4.69) is 36.5 Å². The van der Waals surface area contributed by atoms with Gasteiger partial charge in [0.2, 0.25) is 0 Å². The lowest BCUT2D eigenvalue weighted by Gasteiger charge is -1.90. The molecule has 0 amide bonds. The normalized spacial score (nSPS) is 25.2. The molecule has 0 nitrogen and oxygen atoms in total. The second-order valence-electron chi connectivity index (χ2n) is 3.51. The van der Waals surface area contributed by atoms with Crippen LogP contribution in [0.3, 0.4) is 0 Å². The highest BCUT2D eigenvalue weighted by molar-refractivity contribution is 4.94. The van der Waals surface area contributed by atoms with Gasteiger partial charge in [-0.3, -0.25) is 0 Å². The molecule has 1 rings (SSSR count). The van der Waals surface area contributed by atoms with Gasteiger partial charge < -0.3 is 0 Å². The van der Waals surface area contributed by atoms with Crippen LogP contribution in [-0.4, -0.2) is 0 Å². The number of rotatable bonds is 0. The Morgan fingerprint density at radius 1 is 0.462 bits per heavy atom. The van der Waals surface area contributed by atoms with Crippen LogP contribution in [0.2, 0.25) is 0 Å². The fraction of sp³-hybridized carbons (Fsp3) is 0.538. The Hall–Kier alpha value is -0.780. The second kappa shape index (κ2) is 7.85. The minimum absolute atomic E-state index is 1.12. The van der Waals surface area contributed by atoms with Gasteiger partial charge in [0, 0.05) is 0 Å². The largest absolute Gasteiger partial charge is 0.0885 e. The molecule has 0 spiro atoms. The average Bonchev–Trinajstić information content (AvgIpc) is 2.18. The van der Waals surface area contributed by atoms with E-state index in [9.17, 15) is 0 Å². The third kappa shape index (κ3) is 6.39. The molecule has 1 aliphatic rings. The Morgan fingerprint density at radius 2 is 0.846 bits per heavy atom. The maximum atomic E-state index is 2.33. The summed E-state index contributed by atoms with van der Waals surface area (Å²) in [4.78, 5) is 0. The summed E-state index contributed by atoms with van der Waals surface area (Å²) in [5.74, 6) is 0. The Morgan fingerprint density at radius 3 is 1.31 bits per heavy atom. The molecule has 72 valence electrons. The van der Waals surface area contributed by atoms with Crippen LogP contribution in [0.15, 0.2) is 36.5 Å². The zero-order chi connectivity index (χ0) is 9.19. The van der Waals surface area contributed by atoms with Crippen molar-refractivity contribution in [1.82, 2.24) is 0 Å². The summed E-state index contributed by atoms with van der Waals surface area (Å²) >= 11 is 0. The van der Waals surface area contributed by atoms with E-state index >= 15 is 0 Å². The monoisotopic (exact) mass is 176 g/mol. The predicted octanol–water partition coefficient (Wildman–Crippen LogP) is 4.40. The van der Waals surface area contributed by atoms with Gasteiger partial charge in [-0.25, -0.2) is 0 Å². The quantitative estimate of drug-likeness (QED) is 0.480. The molecule has 0 saturated heterocycles. The molecule has 0 unspecified atom stereocenters. The molecular formula is C13H20. The fourth-order valence-electron chi connectivity index (χ4n) is 1.45. The lowest BCUT2D eigenvalue weighted by atomic mass is 10.2. The zero-order valence-corrected chi connectivity index (χ0v) is 8.41. The average molecular weight is 176 g/mol. The first-order valence-corrected chi connectivity index (χ1v) is 5.45. The molecule has 0 fully saturated rings. The van der Waals surface area contributed by atoms with Crippen molar-refractivity contribution in [2.75, 3.05) is 0 Å². The van der Waals surface area contributed by atoms with Crippen LogP contribution in [0.4, 0.5) is 0 Å². The molecular weight excluding hydrogens is 156 g/mol. The molecule has 0 atom stereocenters. The maximum Gasteiger partial charge on any atom is -0.0169 e. The van der Waals surface area contributed by atoms with E-state index in [4.69, 9.17) is 0 Å². The van der Waals surface area contributed by atoms with Crippen molar-refractivity contribution in [3.8, 4) is 0 Å². The standard InChI is InChI=1S/C13H20/c1-2-4-6-8-10-12-13-11-9-7-5-3-1/h1-2,5,7,10,12H,3-4,6,8-9,11,13H2/b2-1+,7-5?,12-10-. The highest BCUT2D eigenvalue weighted by Gasteiger charge is 1.84. The molecule has 0 saturated carbocycles. The Labute approximate surface area is 82.0 Å². The van der Waals surface area contributed by atoms with Gasteiger partial charge >= 0.3 is 0 Å². The van der Waals surface area contributed by atoms with Gasteiger partial charge in [0.25, 0.3) is 0 Å². The number of allylic oxidation sites excluding steroid dienone is 6. The molecule has 0 heteroatoms. The first kappa shape index (κ1) is 10.3.